The van der Waals surface area contributed by atoms with E-state index in [0.29, 0.717) is 11.7 Å². The van der Waals surface area contributed by atoms with Crippen LogP contribution in [-0.4, -0.2) is 10.1 Å². The van der Waals surface area contributed by atoms with Gasteiger partial charge in [-0.2, -0.15) is 4.98 Å². The summed E-state index contributed by atoms with van der Waals surface area (Å²) in [7, 11) is 0. The Kier molecular flexibility index (Phi) is 2.68. The molecule has 1 aromatic carbocycles. The van der Waals surface area contributed by atoms with Crippen molar-refractivity contribution in [3.63, 3.8) is 0 Å². The van der Waals surface area contributed by atoms with Gasteiger partial charge in [0, 0.05) is 4.70 Å². The van der Waals surface area contributed by atoms with Crippen molar-refractivity contribution in [3.8, 4) is 10.8 Å². The fourth-order valence-electron chi connectivity index (χ4n) is 2.70. The van der Waals surface area contributed by atoms with Crippen molar-refractivity contribution in [2.75, 3.05) is 0 Å². The van der Waals surface area contributed by atoms with E-state index in [2.05, 4.69) is 10.1 Å². The number of fused-ring (bicyclic) bond motifs is 1. The molecule has 0 bridgehead atoms. The number of hydrogen-bond donors (Lipinski definition) is 1. The molecule has 2 aromatic heterocycles. The van der Waals surface area contributed by atoms with E-state index < -0.39 is 5.54 Å². The van der Waals surface area contributed by atoms with Crippen LogP contribution < -0.4 is 5.73 Å². The van der Waals surface area contributed by atoms with Crippen LogP contribution in [0.3, 0.4) is 0 Å². The quantitative estimate of drug-likeness (QED) is 0.783. The molecule has 0 saturated heterocycles. The maximum atomic E-state index is 13.4. The number of aryl methyl sites for hydroxylation is 1. The lowest BCUT2D eigenvalue weighted by Crippen LogP contribution is -2.44. The molecule has 0 atom stereocenters. The Balaban J connectivity index is 1.81. The van der Waals surface area contributed by atoms with E-state index in [1.54, 1.807) is 6.07 Å². The number of benzene rings is 1. The van der Waals surface area contributed by atoms with Crippen molar-refractivity contribution in [3.05, 3.63) is 35.4 Å². The molecule has 0 aliphatic heterocycles. The zero-order valence-electron chi connectivity index (χ0n) is 11.5. The lowest BCUT2D eigenvalue weighted by Gasteiger charge is -2.34. The molecule has 6 heteroatoms. The molecule has 0 radical (unpaired) electrons. The summed E-state index contributed by atoms with van der Waals surface area (Å²) in [6, 6.07) is 4.78. The van der Waals surface area contributed by atoms with E-state index in [1.807, 2.05) is 6.92 Å². The van der Waals surface area contributed by atoms with Crippen LogP contribution in [0.15, 0.2) is 22.7 Å². The highest BCUT2D eigenvalue weighted by molar-refractivity contribution is 7.22. The SMILES string of the molecule is Cc1c(-c2nc(C3(N)CCC3)no2)sc2ccc(F)cc12. The van der Waals surface area contributed by atoms with E-state index in [9.17, 15) is 4.39 Å². The van der Waals surface area contributed by atoms with Crippen molar-refractivity contribution < 1.29 is 8.91 Å². The molecular formula is C15H14FN3OS. The van der Waals surface area contributed by atoms with Crippen LogP contribution in [0.1, 0.15) is 30.7 Å². The molecule has 2 N–H and O–H groups in total. The standard InChI is InChI=1S/C15H14FN3OS/c1-8-10-7-9(16)3-4-11(10)21-12(8)13-18-14(19-20-13)15(17)5-2-6-15/h3-4,7H,2,5-6,17H2,1H3. The van der Waals surface area contributed by atoms with Crippen LogP contribution in [0.2, 0.25) is 0 Å². The number of nitrogens with zero attached hydrogens (tertiary/aromatic N) is 2. The monoisotopic (exact) mass is 303 g/mol. The predicted molar refractivity (Wildman–Crippen MR) is 79.5 cm³/mol. The van der Waals surface area contributed by atoms with Gasteiger partial charge in [-0.25, -0.2) is 4.39 Å². The summed E-state index contributed by atoms with van der Waals surface area (Å²) in [4.78, 5) is 5.35. The second-order valence-corrected chi connectivity index (χ2v) is 6.68. The summed E-state index contributed by atoms with van der Waals surface area (Å²) in [5.41, 5.74) is 6.75. The zero-order chi connectivity index (χ0) is 14.6. The molecule has 1 aliphatic rings. The van der Waals surface area contributed by atoms with E-state index in [4.69, 9.17) is 10.3 Å². The molecule has 0 amide bonds. The molecule has 4 nitrogen and oxygen atoms in total. The zero-order valence-corrected chi connectivity index (χ0v) is 12.3. The Morgan fingerprint density at radius 2 is 2.19 bits per heavy atom. The molecule has 1 saturated carbocycles. The van der Waals surface area contributed by atoms with Gasteiger partial charge in [-0.3, -0.25) is 0 Å². The second kappa shape index (κ2) is 4.35. The molecular weight excluding hydrogens is 289 g/mol. The summed E-state index contributed by atoms with van der Waals surface area (Å²) >= 11 is 1.53. The average molecular weight is 303 g/mol. The summed E-state index contributed by atoms with van der Waals surface area (Å²) in [5.74, 6) is 0.809. The number of rotatable bonds is 2. The average Bonchev–Trinajstić information content (AvgIpc) is 3.02. The van der Waals surface area contributed by atoms with Gasteiger partial charge in [0.2, 0.25) is 0 Å². The molecule has 4 rings (SSSR count). The Labute approximate surface area is 124 Å². The number of nitrogens with two attached hydrogens (primary N) is 1. The third-order valence-electron chi connectivity index (χ3n) is 4.21. The van der Waals surface area contributed by atoms with Gasteiger partial charge in [0.1, 0.15) is 5.82 Å². The van der Waals surface area contributed by atoms with E-state index in [0.717, 1.165) is 39.8 Å². The normalized spacial score (nSPS) is 17.1. The highest BCUT2D eigenvalue weighted by Gasteiger charge is 2.39. The molecule has 0 unspecified atom stereocenters. The van der Waals surface area contributed by atoms with Gasteiger partial charge in [-0.15, -0.1) is 11.3 Å². The van der Waals surface area contributed by atoms with E-state index in [-0.39, 0.29) is 5.82 Å². The van der Waals surface area contributed by atoms with Crippen LogP contribution in [0, 0.1) is 12.7 Å². The van der Waals surface area contributed by atoms with Gasteiger partial charge in [0.05, 0.1) is 10.4 Å². The van der Waals surface area contributed by atoms with E-state index >= 15 is 0 Å². The number of hydrogen-bond acceptors (Lipinski definition) is 5. The summed E-state index contributed by atoms with van der Waals surface area (Å²) < 4.78 is 19.8. The maximum Gasteiger partial charge on any atom is 0.268 e. The highest BCUT2D eigenvalue weighted by atomic mass is 32.1. The van der Waals surface area contributed by atoms with Gasteiger partial charge in [0.15, 0.2) is 5.82 Å². The van der Waals surface area contributed by atoms with Crippen molar-refractivity contribution in [2.24, 2.45) is 5.73 Å². The Hall–Kier alpha value is -1.79. The molecule has 1 fully saturated rings. The second-order valence-electron chi connectivity index (χ2n) is 5.63. The van der Waals surface area contributed by atoms with Crippen LogP contribution in [-0.2, 0) is 5.54 Å². The molecule has 2 heterocycles. The number of aromatic nitrogens is 2. The lowest BCUT2D eigenvalue weighted by atomic mass is 9.77. The smallest absolute Gasteiger partial charge is 0.268 e. The Morgan fingerprint density at radius 1 is 1.38 bits per heavy atom. The van der Waals surface area contributed by atoms with Gasteiger partial charge in [-0.1, -0.05) is 5.16 Å². The predicted octanol–water partition coefficient (Wildman–Crippen LogP) is 3.74. The van der Waals surface area contributed by atoms with Crippen molar-refractivity contribution in [2.45, 2.75) is 31.7 Å². The van der Waals surface area contributed by atoms with Crippen LogP contribution in [0.25, 0.3) is 20.9 Å². The topological polar surface area (TPSA) is 64.9 Å². The molecule has 21 heavy (non-hydrogen) atoms. The van der Waals surface area contributed by atoms with Gasteiger partial charge in [-0.05, 0) is 55.3 Å². The molecule has 3 aromatic rings. The highest BCUT2D eigenvalue weighted by Crippen LogP contribution is 2.40. The van der Waals surface area contributed by atoms with E-state index in [1.165, 1.54) is 23.5 Å². The fourth-order valence-corrected chi connectivity index (χ4v) is 3.81. The summed E-state index contributed by atoms with van der Waals surface area (Å²) in [5, 5.41) is 4.93. The first-order valence-electron chi connectivity index (χ1n) is 6.89. The van der Waals surface area contributed by atoms with Crippen LogP contribution in [0.5, 0.6) is 0 Å². The lowest BCUT2D eigenvalue weighted by molar-refractivity contribution is 0.229. The first-order chi connectivity index (χ1) is 10.1. The van der Waals surface area contributed by atoms with Crippen molar-refractivity contribution in [1.82, 2.24) is 10.1 Å². The number of thiophene rings is 1. The van der Waals surface area contributed by atoms with Crippen molar-refractivity contribution >= 4 is 21.4 Å². The van der Waals surface area contributed by atoms with Crippen molar-refractivity contribution in [1.29, 1.82) is 0 Å². The first-order valence-corrected chi connectivity index (χ1v) is 7.71. The Bertz CT molecular complexity index is 835. The molecule has 1 aliphatic carbocycles. The molecule has 0 spiro atoms. The summed E-state index contributed by atoms with van der Waals surface area (Å²) in [6.45, 7) is 1.94. The summed E-state index contributed by atoms with van der Waals surface area (Å²) in [6.07, 6.45) is 2.88. The largest absolute Gasteiger partial charge is 0.333 e. The third-order valence-corrected chi connectivity index (χ3v) is 5.47. The van der Waals surface area contributed by atoms with Gasteiger partial charge in [0.25, 0.3) is 5.89 Å². The van der Waals surface area contributed by atoms with Crippen LogP contribution >= 0.6 is 11.3 Å². The maximum absolute atomic E-state index is 13.4. The Morgan fingerprint density at radius 3 is 2.90 bits per heavy atom. The van der Waals surface area contributed by atoms with Crippen LogP contribution in [0.4, 0.5) is 4.39 Å². The molecule has 108 valence electrons. The minimum Gasteiger partial charge on any atom is -0.333 e. The number of halogens is 1. The minimum absolute atomic E-state index is 0.239. The minimum atomic E-state index is -0.432. The van der Waals surface area contributed by atoms with Gasteiger partial charge < -0.3 is 10.3 Å². The fraction of sp³-hybridized carbons (Fsp3) is 0.333. The van der Waals surface area contributed by atoms with Gasteiger partial charge >= 0.3 is 0 Å². The third kappa shape index (κ3) is 1.90. The first kappa shape index (κ1) is 12.9.